The smallest absolute Gasteiger partial charge is 0.354 e. The van der Waals surface area contributed by atoms with Gasteiger partial charge in [-0.05, 0) is 55.0 Å². The van der Waals surface area contributed by atoms with Gasteiger partial charge < -0.3 is 14.4 Å². The van der Waals surface area contributed by atoms with E-state index in [9.17, 15) is 9.90 Å². The zero-order valence-corrected chi connectivity index (χ0v) is 15.8. The van der Waals surface area contributed by atoms with Crippen molar-refractivity contribution in [3.05, 3.63) is 64.3 Å². The number of halogens is 2. The summed E-state index contributed by atoms with van der Waals surface area (Å²) in [5.74, 6) is -0.244. The summed E-state index contributed by atoms with van der Waals surface area (Å²) >= 11 is 12.4. The highest BCUT2D eigenvalue weighted by atomic mass is 35.5. The predicted octanol–water partition coefficient (Wildman–Crippen LogP) is 5.55. The summed E-state index contributed by atoms with van der Waals surface area (Å²) in [6, 6.07) is 13.8. The van der Waals surface area contributed by atoms with Crippen molar-refractivity contribution in [3.8, 4) is 28.1 Å². The number of carbonyl (C=O) groups is 1. The standard InChI is InChI=1S/C20H17Cl2NO3/c1-3-26-20(25)18-11-16(15-9-6-13(21)10-17(15)22)19(23(18)2)12-4-7-14(24)8-5-12/h4-11,24H,3H2,1-2H3. The van der Waals surface area contributed by atoms with Gasteiger partial charge in [0.2, 0.25) is 0 Å². The van der Waals surface area contributed by atoms with Crippen molar-refractivity contribution in [2.75, 3.05) is 6.61 Å². The maximum atomic E-state index is 12.3. The van der Waals surface area contributed by atoms with Gasteiger partial charge in [0, 0.05) is 28.2 Å². The molecule has 0 atom stereocenters. The summed E-state index contributed by atoms with van der Waals surface area (Å²) in [5.41, 5.74) is 3.57. The van der Waals surface area contributed by atoms with Gasteiger partial charge in [-0.25, -0.2) is 4.79 Å². The lowest BCUT2D eigenvalue weighted by molar-refractivity contribution is 0.0515. The molecule has 0 saturated heterocycles. The second-order valence-electron chi connectivity index (χ2n) is 5.74. The summed E-state index contributed by atoms with van der Waals surface area (Å²) in [5, 5.41) is 10.6. The number of aromatic nitrogens is 1. The lowest BCUT2D eigenvalue weighted by atomic mass is 10.0. The summed E-state index contributed by atoms with van der Waals surface area (Å²) in [4.78, 5) is 12.3. The minimum atomic E-state index is -0.411. The van der Waals surface area contributed by atoms with Crippen molar-refractivity contribution in [2.24, 2.45) is 7.05 Å². The van der Waals surface area contributed by atoms with Gasteiger partial charge in [-0.2, -0.15) is 0 Å². The number of hydrogen-bond donors (Lipinski definition) is 1. The second kappa shape index (κ2) is 7.44. The molecule has 3 aromatic rings. The van der Waals surface area contributed by atoms with E-state index in [1.165, 1.54) is 0 Å². The van der Waals surface area contributed by atoms with Crippen molar-refractivity contribution >= 4 is 29.2 Å². The number of rotatable bonds is 4. The molecule has 0 amide bonds. The summed E-state index contributed by atoms with van der Waals surface area (Å²) < 4.78 is 6.93. The molecule has 0 radical (unpaired) electrons. The topological polar surface area (TPSA) is 51.5 Å². The highest BCUT2D eigenvalue weighted by Crippen LogP contribution is 2.39. The van der Waals surface area contributed by atoms with E-state index < -0.39 is 5.97 Å². The van der Waals surface area contributed by atoms with Crippen LogP contribution in [0.3, 0.4) is 0 Å². The SMILES string of the molecule is CCOC(=O)c1cc(-c2ccc(Cl)cc2Cl)c(-c2ccc(O)cc2)n1C. The van der Waals surface area contributed by atoms with E-state index in [0.717, 1.165) is 22.4 Å². The van der Waals surface area contributed by atoms with Crippen molar-refractivity contribution in [1.29, 1.82) is 0 Å². The van der Waals surface area contributed by atoms with Gasteiger partial charge in [-0.1, -0.05) is 29.3 Å². The molecule has 134 valence electrons. The van der Waals surface area contributed by atoms with Gasteiger partial charge >= 0.3 is 5.97 Å². The highest BCUT2D eigenvalue weighted by Gasteiger charge is 2.22. The third kappa shape index (κ3) is 3.43. The minimum absolute atomic E-state index is 0.166. The number of phenols is 1. The van der Waals surface area contributed by atoms with Crippen molar-refractivity contribution in [2.45, 2.75) is 6.92 Å². The first-order valence-electron chi connectivity index (χ1n) is 8.04. The largest absolute Gasteiger partial charge is 0.508 e. The molecule has 1 aromatic heterocycles. The number of aromatic hydroxyl groups is 1. The third-order valence-corrected chi connectivity index (χ3v) is 4.63. The summed E-state index contributed by atoms with van der Waals surface area (Å²) in [6.07, 6.45) is 0. The Bertz CT molecular complexity index is 962. The summed E-state index contributed by atoms with van der Waals surface area (Å²) in [6.45, 7) is 2.05. The minimum Gasteiger partial charge on any atom is -0.508 e. The number of benzene rings is 2. The van der Waals surface area contributed by atoms with Crippen LogP contribution in [0.25, 0.3) is 22.4 Å². The number of hydrogen-bond acceptors (Lipinski definition) is 3. The highest BCUT2D eigenvalue weighted by molar-refractivity contribution is 6.36. The van der Waals surface area contributed by atoms with E-state index in [1.54, 1.807) is 61.0 Å². The Morgan fingerprint density at radius 3 is 2.38 bits per heavy atom. The van der Waals surface area contributed by atoms with Crippen molar-refractivity contribution in [1.82, 2.24) is 4.57 Å². The molecule has 6 heteroatoms. The lowest BCUT2D eigenvalue weighted by Crippen LogP contribution is -2.10. The Morgan fingerprint density at radius 2 is 1.77 bits per heavy atom. The number of nitrogens with zero attached hydrogens (tertiary/aromatic N) is 1. The molecule has 4 nitrogen and oxygen atoms in total. The van der Waals surface area contributed by atoms with Crippen LogP contribution >= 0.6 is 23.2 Å². The first-order chi connectivity index (χ1) is 12.4. The Balaban J connectivity index is 2.26. The number of carbonyl (C=O) groups excluding carboxylic acids is 1. The van der Waals surface area contributed by atoms with E-state index >= 15 is 0 Å². The van der Waals surface area contributed by atoms with E-state index in [0.29, 0.717) is 15.7 Å². The van der Waals surface area contributed by atoms with Gasteiger partial charge in [0.1, 0.15) is 11.4 Å². The molecular weight excluding hydrogens is 373 g/mol. The van der Waals surface area contributed by atoms with E-state index in [2.05, 4.69) is 0 Å². The molecule has 0 bridgehead atoms. The zero-order chi connectivity index (χ0) is 18.8. The quantitative estimate of drug-likeness (QED) is 0.595. The number of ether oxygens (including phenoxy) is 1. The maximum Gasteiger partial charge on any atom is 0.354 e. The molecule has 0 unspecified atom stereocenters. The van der Waals surface area contributed by atoms with Crippen molar-refractivity contribution in [3.63, 3.8) is 0 Å². The fraction of sp³-hybridized carbons (Fsp3) is 0.150. The molecule has 0 aliphatic heterocycles. The monoisotopic (exact) mass is 389 g/mol. The van der Waals surface area contributed by atoms with Crippen molar-refractivity contribution < 1.29 is 14.6 Å². The molecule has 0 aliphatic carbocycles. The van der Waals surface area contributed by atoms with Crippen LogP contribution in [0.5, 0.6) is 5.75 Å². The maximum absolute atomic E-state index is 12.3. The first-order valence-corrected chi connectivity index (χ1v) is 8.79. The van der Waals surface area contributed by atoms with Gasteiger partial charge in [0.05, 0.1) is 12.3 Å². The fourth-order valence-electron chi connectivity index (χ4n) is 2.89. The number of phenolic OH excluding ortho intramolecular Hbond substituents is 1. The van der Waals surface area contributed by atoms with E-state index in [4.69, 9.17) is 27.9 Å². The van der Waals surface area contributed by atoms with Crippen LogP contribution in [0.15, 0.2) is 48.5 Å². The van der Waals surface area contributed by atoms with Crippen LogP contribution < -0.4 is 0 Å². The van der Waals surface area contributed by atoms with Crippen LogP contribution in [0.2, 0.25) is 10.0 Å². The van der Waals surface area contributed by atoms with Gasteiger partial charge in [0.15, 0.2) is 0 Å². The van der Waals surface area contributed by atoms with Crippen LogP contribution in [0.4, 0.5) is 0 Å². The zero-order valence-electron chi connectivity index (χ0n) is 14.3. The van der Waals surface area contributed by atoms with Crippen LogP contribution in [-0.2, 0) is 11.8 Å². The van der Waals surface area contributed by atoms with Gasteiger partial charge in [0.25, 0.3) is 0 Å². The molecule has 26 heavy (non-hydrogen) atoms. The average Bonchev–Trinajstić information content (AvgIpc) is 2.93. The van der Waals surface area contributed by atoms with E-state index in [1.807, 2.05) is 6.07 Å². The second-order valence-corrected chi connectivity index (χ2v) is 6.59. The summed E-state index contributed by atoms with van der Waals surface area (Å²) in [7, 11) is 1.79. The molecular formula is C20H17Cl2NO3. The van der Waals surface area contributed by atoms with Crippen LogP contribution in [0, 0.1) is 0 Å². The van der Waals surface area contributed by atoms with E-state index in [-0.39, 0.29) is 12.4 Å². The normalized spacial score (nSPS) is 10.8. The lowest BCUT2D eigenvalue weighted by Gasteiger charge is -2.11. The van der Waals surface area contributed by atoms with Gasteiger partial charge in [-0.3, -0.25) is 0 Å². The van der Waals surface area contributed by atoms with Gasteiger partial charge in [-0.15, -0.1) is 0 Å². The molecule has 2 aromatic carbocycles. The number of esters is 1. The molecule has 0 spiro atoms. The molecule has 0 saturated carbocycles. The average molecular weight is 390 g/mol. The first kappa shape index (κ1) is 18.4. The molecule has 1 heterocycles. The Kier molecular flexibility index (Phi) is 5.25. The van der Waals surface area contributed by atoms with Crippen LogP contribution in [0.1, 0.15) is 17.4 Å². The fourth-order valence-corrected chi connectivity index (χ4v) is 3.40. The third-order valence-electron chi connectivity index (χ3n) is 4.08. The predicted molar refractivity (Wildman–Crippen MR) is 104 cm³/mol. The molecule has 0 aliphatic rings. The Hall–Kier alpha value is -2.43. The molecule has 1 N–H and O–H groups in total. The molecule has 3 rings (SSSR count). The Labute approximate surface area is 161 Å². The molecule has 0 fully saturated rings. The Morgan fingerprint density at radius 1 is 1.08 bits per heavy atom. The van der Waals surface area contributed by atoms with Crippen LogP contribution in [-0.4, -0.2) is 22.2 Å².